The van der Waals surface area contributed by atoms with E-state index in [1.807, 2.05) is 0 Å². The third kappa shape index (κ3) is 5.04. The first-order valence-corrected chi connectivity index (χ1v) is 11.5. The molecule has 28 heavy (non-hydrogen) atoms. The molecule has 0 bridgehead atoms. The summed E-state index contributed by atoms with van der Waals surface area (Å²) >= 11 is 5.58. The molecule has 2 saturated heterocycles. The van der Waals surface area contributed by atoms with Gasteiger partial charge in [-0.05, 0) is 56.7 Å². The van der Waals surface area contributed by atoms with Crippen LogP contribution in [0.3, 0.4) is 0 Å². The average Bonchev–Trinajstić information content (AvgIpc) is 3.24. The molecule has 3 heterocycles. The van der Waals surface area contributed by atoms with E-state index in [2.05, 4.69) is 33.4 Å². The fourth-order valence-corrected chi connectivity index (χ4v) is 4.81. The van der Waals surface area contributed by atoms with Gasteiger partial charge in [-0.25, -0.2) is 0 Å². The number of nitrogens with one attached hydrogen (secondary N) is 2. The van der Waals surface area contributed by atoms with Gasteiger partial charge < -0.3 is 20.4 Å². The molecule has 0 unspecified atom stereocenters. The van der Waals surface area contributed by atoms with Gasteiger partial charge in [0, 0.05) is 38.3 Å². The van der Waals surface area contributed by atoms with E-state index in [0.29, 0.717) is 17.1 Å². The predicted molar refractivity (Wildman–Crippen MR) is 120 cm³/mol. The zero-order valence-corrected chi connectivity index (χ0v) is 17.9. The van der Waals surface area contributed by atoms with Gasteiger partial charge in [0.05, 0.1) is 0 Å². The van der Waals surface area contributed by atoms with Crippen molar-refractivity contribution in [1.29, 1.82) is 0 Å². The fourth-order valence-electron chi connectivity index (χ4n) is 4.56. The molecule has 154 valence electrons. The Bertz CT molecular complexity index is 661. The highest BCUT2D eigenvalue weighted by Crippen LogP contribution is 2.27. The summed E-state index contributed by atoms with van der Waals surface area (Å²) in [5, 5.41) is 7.42. The largest absolute Gasteiger partial charge is 0.360 e. The van der Waals surface area contributed by atoms with Crippen molar-refractivity contribution >= 4 is 34.9 Å². The van der Waals surface area contributed by atoms with Gasteiger partial charge in [0.15, 0.2) is 5.11 Å². The Morgan fingerprint density at radius 2 is 1.50 bits per heavy atom. The van der Waals surface area contributed by atoms with Gasteiger partial charge in [-0.3, -0.25) is 0 Å². The number of aromatic nitrogens is 2. The van der Waals surface area contributed by atoms with E-state index in [9.17, 15) is 0 Å². The second kappa shape index (κ2) is 9.25. The van der Waals surface area contributed by atoms with E-state index in [1.165, 1.54) is 57.8 Å². The summed E-state index contributed by atoms with van der Waals surface area (Å²) in [5.74, 6) is 3.50. The molecule has 0 spiro atoms. The Morgan fingerprint density at radius 1 is 0.893 bits per heavy atom. The summed E-state index contributed by atoms with van der Waals surface area (Å²) in [4.78, 5) is 14.4. The molecule has 3 aliphatic rings. The van der Waals surface area contributed by atoms with Crippen LogP contribution in [0.5, 0.6) is 0 Å². The van der Waals surface area contributed by atoms with Crippen molar-refractivity contribution in [1.82, 2.24) is 15.3 Å². The molecule has 2 N–H and O–H groups in total. The lowest BCUT2D eigenvalue weighted by atomic mass is 9.96. The highest BCUT2D eigenvalue weighted by molar-refractivity contribution is 7.80. The first kappa shape index (κ1) is 19.7. The second-order valence-corrected chi connectivity index (χ2v) is 9.11. The van der Waals surface area contributed by atoms with Crippen LogP contribution in [0.25, 0.3) is 0 Å². The van der Waals surface area contributed by atoms with Gasteiger partial charge >= 0.3 is 0 Å². The molecule has 0 atom stereocenters. The molecule has 1 saturated carbocycles. The number of hydrogen-bond donors (Lipinski definition) is 2. The van der Waals surface area contributed by atoms with Crippen LogP contribution in [0.15, 0.2) is 6.07 Å². The normalized spacial score (nSPS) is 21.8. The molecular weight excluding hydrogens is 368 g/mol. The van der Waals surface area contributed by atoms with E-state index < -0.39 is 0 Å². The SMILES string of the molecule is CC1CCN(c2cc(N3CCCC3)nc(NC(=S)NC3CCCCC3)n2)CC1. The zero-order chi connectivity index (χ0) is 19.3. The van der Waals surface area contributed by atoms with Crippen molar-refractivity contribution in [2.45, 2.75) is 70.8 Å². The van der Waals surface area contributed by atoms with E-state index in [1.54, 1.807) is 0 Å². The number of hydrogen-bond acceptors (Lipinski definition) is 5. The molecule has 0 aromatic carbocycles. The topological polar surface area (TPSA) is 56.3 Å². The Kier molecular flexibility index (Phi) is 6.50. The van der Waals surface area contributed by atoms with Crippen molar-refractivity contribution in [3.8, 4) is 0 Å². The second-order valence-electron chi connectivity index (χ2n) is 8.71. The van der Waals surface area contributed by atoms with Crippen LogP contribution >= 0.6 is 12.2 Å². The van der Waals surface area contributed by atoms with Crippen LogP contribution in [0, 0.1) is 5.92 Å². The average molecular weight is 403 g/mol. The van der Waals surface area contributed by atoms with E-state index in [4.69, 9.17) is 22.2 Å². The third-order valence-electron chi connectivity index (χ3n) is 6.40. The quantitative estimate of drug-likeness (QED) is 0.740. The Labute approximate surface area is 174 Å². The summed E-state index contributed by atoms with van der Waals surface area (Å²) in [6.45, 7) is 6.65. The number of thiocarbonyl (C=S) groups is 1. The van der Waals surface area contributed by atoms with Gasteiger partial charge in [-0.2, -0.15) is 9.97 Å². The van der Waals surface area contributed by atoms with Gasteiger partial charge in [-0.15, -0.1) is 0 Å². The summed E-state index contributed by atoms with van der Waals surface area (Å²) in [7, 11) is 0. The van der Waals surface area contributed by atoms with E-state index >= 15 is 0 Å². The Morgan fingerprint density at radius 3 is 2.14 bits per heavy atom. The molecule has 4 rings (SSSR count). The molecule has 0 amide bonds. The zero-order valence-electron chi connectivity index (χ0n) is 17.1. The summed E-state index contributed by atoms with van der Waals surface area (Å²) in [5.41, 5.74) is 0. The lowest BCUT2D eigenvalue weighted by molar-refractivity contribution is 0.414. The molecule has 1 aromatic heterocycles. The standard InChI is InChI=1S/C21H34N6S/c1-16-9-13-27(14-10-16)19-15-18(26-11-5-6-12-26)23-20(24-19)25-21(28)22-17-7-3-2-4-8-17/h15-17H,2-14H2,1H3,(H2,22,23,24,25,28). The van der Waals surface area contributed by atoms with Crippen molar-refractivity contribution < 1.29 is 0 Å². The number of piperidine rings is 1. The highest BCUT2D eigenvalue weighted by Gasteiger charge is 2.22. The molecule has 1 aromatic rings. The summed E-state index contributed by atoms with van der Waals surface area (Å²) < 4.78 is 0. The van der Waals surface area contributed by atoms with Crippen LogP contribution in [0.4, 0.5) is 17.6 Å². The number of rotatable bonds is 4. The van der Waals surface area contributed by atoms with Gasteiger partial charge in [0.1, 0.15) is 11.6 Å². The van der Waals surface area contributed by atoms with Crippen LogP contribution < -0.4 is 20.4 Å². The summed E-state index contributed by atoms with van der Waals surface area (Å²) in [6, 6.07) is 2.66. The fraction of sp³-hybridized carbons (Fsp3) is 0.762. The van der Waals surface area contributed by atoms with Gasteiger partial charge in [-0.1, -0.05) is 26.2 Å². The van der Waals surface area contributed by atoms with E-state index in [-0.39, 0.29) is 0 Å². The van der Waals surface area contributed by atoms with Crippen LogP contribution in [0.2, 0.25) is 0 Å². The molecule has 3 fully saturated rings. The maximum Gasteiger partial charge on any atom is 0.232 e. The van der Waals surface area contributed by atoms with Crippen LogP contribution in [0.1, 0.15) is 64.7 Å². The molecule has 7 heteroatoms. The molecule has 2 aliphatic heterocycles. The minimum atomic E-state index is 0.485. The molecule has 0 radical (unpaired) electrons. The predicted octanol–water partition coefficient (Wildman–Crippen LogP) is 3.93. The summed E-state index contributed by atoms with van der Waals surface area (Å²) in [6.07, 6.45) is 11.3. The number of anilines is 3. The third-order valence-corrected chi connectivity index (χ3v) is 6.62. The Hall–Kier alpha value is -1.63. The molecular formula is C21H34N6S. The van der Waals surface area contributed by atoms with Crippen molar-refractivity contribution in [2.24, 2.45) is 5.92 Å². The van der Waals surface area contributed by atoms with Crippen LogP contribution in [-0.2, 0) is 0 Å². The van der Waals surface area contributed by atoms with Crippen molar-refractivity contribution in [3.63, 3.8) is 0 Å². The first-order valence-electron chi connectivity index (χ1n) is 11.1. The number of nitrogens with zero attached hydrogens (tertiary/aromatic N) is 4. The minimum Gasteiger partial charge on any atom is -0.360 e. The van der Waals surface area contributed by atoms with Crippen molar-refractivity contribution in [3.05, 3.63) is 6.07 Å². The lowest BCUT2D eigenvalue weighted by Crippen LogP contribution is -2.39. The highest BCUT2D eigenvalue weighted by atomic mass is 32.1. The maximum atomic E-state index is 5.58. The first-order chi connectivity index (χ1) is 13.7. The van der Waals surface area contributed by atoms with E-state index in [0.717, 1.165) is 43.7 Å². The smallest absolute Gasteiger partial charge is 0.232 e. The Balaban J connectivity index is 1.48. The monoisotopic (exact) mass is 402 g/mol. The molecule has 6 nitrogen and oxygen atoms in total. The van der Waals surface area contributed by atoms with Crippen LogP contribution in [-0.4, -0.2) is 47.3 Å². The maximum absolute atomic E-state index is 5.58. The van der Waals surface area contributed by atoms with Gasteiger partial charge in [0.25, 0.3) is 0 Å². The lowest BCUT2D eigenvalue weighted by Gasteiger charge is -2.32. The minimum absolute atomic E-state index is 0.485. The van der Waals surface area contributed by atoms with Crippen molar-refractivity contribution in [2.75, 3.05) is 41.3 Å². The van der Waals surface area contributed by atoms with Gasteiger partial charge in [0.2, 0.25) is 5.95 Å². The molecule has 1 aliphatic carbocycles.